The zero-order chi connectivity index (χ0) is 13.9. The molecule has 2 nitrogen and oxygen atoms in total. The summed E-state index contributed by atoms with van der Waals surface area (Å²) in [5.74, 6) is 0.264. The van der Waals surface area contributed by atoms with Crippen LogP contribution < -0.4 is 0 Å². The molecule has 96 valence electrons. The third-order valence-corrected chi connectivity index (χ3v) is 3.65. The van der Waals surface area contributed by atoms with Crippen LogP contribution in [0.3, 0.4) is 0 Å². The smallest absolute Gasteiger partial charge is 0.0991 e. The highest BCUT2D eigenvalue weighted by Gasteiger charge is 2.09. The fraction of sp³-hybridized carbons (Fsp3) is 0.111. The van der Waals surface area contributed by atoms with Crippen LogP contribution in [0, 0.1) is 11.3 Å². The van der Waals surface area contributed by atoms with Crippen molar-refractivity contribution in [1.29, 1.82) is 5.26 Å². The van der Waals surface area contributed by atoms with E-state index in [2.05, 4.69) is 30.1 Å². The van der Waals surface area contributed by atoms with Gasteiger partial charge in [-0.3, -0.25) is 4.98 Å². The minimum Gasteiger partial charge on any atom is -0.256 e. The molecule has 2 heteroatoms. The number of rotatable bonds is 2. The lowest BCUT2D eigenvalue weighted by atomic mass is 9.93. The first-order chi connectivity index (χ1) is 9.78. The highest BCUT2D eigenvalue weighted by molar-refractivity contribution is 5.79. The topological polar surface area (TPSA) is 36.7 Å². The summed E-state index contributed by atoms with van der Waals surface area (Å²) in [5.41, 5.74) is 4.09. The van der Waals surface area contributed by atoms with Gasteiger partial charge in [0.2, 0.25) is 0 Å². The molecule has 1 heterocycles. The highest BCUT2D eigenvalue weighted by atomic mass is 14.6. The van der Waals surface area contributed by atoms with Crippen LogP contribution in [0.5, 0.6) is 0 Å². The van der Waals surface area contributed by atoms with E-state index in [1.54, 1.807) is 0 Å². The van der Waals surface area contributed by atoms with Crippen LogP contribution in [0.15, 0.2) is 60.8 Å². The number of para-hydroxylation sites is 1. The van der Waals surface area contributed by atoms with Gasteiger partial charge in [0.1, 0.15) is 0 Å². The minimum absolute atomic E-state index is 0.264. The van der Waals surface area contributed by atoms with Gasteiger partial charge in [0.25, 0.3) is 0 Å². The summed E-state index contributed by atoms with van der Waals surface area (Å²) < 4.78 is 0. The van der Waals surface area contributed by atoms with Crippen molar-refractivity contribution in [3.8, 4) is 6.07 Å². The summed E-state index contributed by atoms with van der Waals surface area (Å²) in [6.45, 7) is 2.16. The van der Waals surface area contributed by atoms with Crippen LogP contribution in [-0.2, 0) is 0 Å². The van der Waals surface area contributed by atoms with E-state index >= 15 is 0 Å². The van der Waals surface area contributed by atoms with E-state index in [9.17, 15) is 0 Å². The summed E-state index contributed by atoms with van der Waals surface area (Å²) in [5, 5.41) is 10.0. The number of hydrogen-bond acceptors (Lipinski definition) is 2. The number of fused-ring (bicyclic) bond motifs is 1. The number of benzene rings is 2. The molecule has 0 spiro atoms. The average molecular weight is 258 g/mol. The monoisotopic (exact) mass is 258 g/mol. The molecule has 1 unspecified atom stereocenters. The van der Waals surface area contributed by atoms with Crippen molar-refractivity contribution < 1.29 is 0 Å². The normalized spacial score (nSPS) is 12.0. The third kappa shape index (κ3) is 2.26. The second-order valence-electron chi connectivity index (χ2n) is 4.92. The quantitative estimate of drug-likeness (QED) is 0.688. The molecule has 0 aliphatic carbocycles. The molecule has 3 aromatic rings. The molecule has 0 aliphatic rings. The Hall–Kier alpha value is -2.66. The van der Waals surface area contributed by atoms with E-state index < -0.39 is 0 Å². The largest absolute Gasteiger partial charge is 0.256 e. The number of nitrogens with zero attached hydrogens (tertiary/aromatic N) is 2. The van der Waals surface area contributed by atoms with Gasteiger partial charge >= 0.3 is 0 Å². The predicted octanol–water partition coefficient (Wildman–Crippen LogP) is 4.26. The Labute approximate surface area is 118 Å². The predicted molar refractivity (Wildman–Crippen MR) is 80.4 cm³/mol. The summed E-state index contributed by atoms with van der Waals surface area (Å²) in [6, 6.07) is 20.2. The van der Waals surface area contributed by atoms with Gasteiger partial charge in [-0.05, 0) is 35.4 Å². The van der Waals surface area contributed by atoms with Gasteiger partial charge in [-0.2, -0.15) is 5.26 Å². The van der Waals surface area contributed by atoms with Gasteiger partial charge in [0.05, 0.1) is 17.1 Å². The molecule has 1 atom stereocenters. The minimum atomic E-state index is 0.264. The summed E-state index contributed by atoms with van der Waals surface area (Å²) >= 11 is 0. The van der Waals surface area contributed by atoms with Crippen molar-refractivity contribution in [1.82, 2.24) is 4.98 Å². The van der Waals surface area contributed by atoms with Crippen LogP contribution >= 0.6 is 0 Å². The first-order valence-corrected chi connectivity index (χ1v) is 6.62. The number of aromatic nitrogens is 1. The fourth-order valence-corrected chi connectivity index (χ4v) is 2.36. The molecule has 0 saturated carbocycles. The van der Waals surface area contributed by atoms with Crippen LogP contribution in [0.1, 0.15) is 29.5 Å². The van der Waals surface area contributed by atoms with Crippen molar-refractivity contribution in [2.75, 3.05) is 0 Å². The number of pyridine rings is 1. The van der Waals surface area contributed by atoms with Gasteiger partial charge in [-0.1, -0.05) is 37.3 Å². The maximum absolute atomic E-state index is 8.84. The molecule has 20 heavy (non-hydrogen) atoms. The summed E-state index contributed by atoms with van der Waals surface area (Å²) in [6.07, 6.45) is 1.94. The van der Waals surface area contributed by atoms with Gasteiger partial charge in [0, 0.05) is 17.5 Å². The van der Waals surface area contributed by atoms with Crippen LogP contribution in [0.25, 0.3) is 10.9 Å². The van der Waals surface area contributed by atoms with E-state index in [0.717, 1.165) is 10.9 Å². The lowest BCUT2D eigenvalue weighted by Crippen LogP contribution is -1.97. The molecule has 0 fully saturated rings. The Morgan fingerprint density at radius 2 is 1.75 bits per heavy atom. The SMILES string of the molecule is CC(c1ccc(C#N)cc1)c1cnc2ccccc2c1. The van der Waals surface area contributed by atoms with Gasteiger partial charge in [0.15, 0.2) is 0 Å². The molecule has 3 rings (SSSR count). The molecule has 0 radical (unpaired) electrons. The Bertz CT molecular complexity index is 782. The van der Waals surface area contributed by atoms with Gasteiger partial charge in [-0.15, -0.1) is 0 Å². The van der Waals surface area contributed by atoms with Crippen molar-refractivity contribution in [2.45, 2.75) is 12.8 Å². The van der Waals surface area contributed by atoms with Crippen molar-refractivity contribution in [3.63, 3.8) is 0 Å². The van der Waals surface area contributed by atoms with E-state index in [0.29, 0.717) is 5.56 Å². The summed E-state index contributed by atoms with van der Waals surface area (Å²) in [7, 11) is 0. The first-order valence-electron chi connectivity index (χ1n) is 6.62. The first kappa shape index (κ1) is 12.4. The lowest BCUT2D eigenvalue weighted by Gasteiger charge is -2.13. The van der Waals surface area contributed by atoms with Crippen LogP contribution in [0.4, 0.5) is 0 Å². The second kappa shape index (κ2) is 5.14. The standard InChI is InChI=1S/C18H14N2/c1-13(15-8-6-14(11-19)7-9-15)17-10-16-4-2-3-5-18(16)20-12-17/h2-10,12-13H,1H3. The van der Waals surface area contributed by atoms with E-state index in [1.165, 1.54) is 11.1 Å². The molecular formula is C18H14N2. The van der Waals surface area contributed by atoms with E-state index in [1.807, 2.05) is 48.7 Å². The second-order valence-corrected chi connectivity index (χ2v) is 4.92. The highest BCUT2D eigenvalue weighted by Crippen LogP contribution is 2.26. The van der Waals surface area contributed by atoms with E-state index in [4.69, 9.17) is 5.26 Å². The van der Waals surface area contributed by atoms with Gasteiger partial charge in [-0.25, -0.2) is 0 Å². The molecule has 0 amide bonds. The van der Waals surface area contributed by atoms with Crippen LogP contribution in [-0.4, -0.2) is 4.98 Å². The Morgan fingerprint density at radius 1 is 1.00 bits per heavy atom. The Balaban J connectivity index is 1.98. The number of nitriles is 1. The van der Waals surface area contributed by atoms with E-state index in [-0.39, 0.29) is 5.92 Å². The summed E-state index contributed by atoms with van der Waals surface area (Å²) in [4.78, 5) is 4.51. The molecule has 0 saturated heterocycles. The molecule has 0 N–H and O–H groups in total. The maximum atomic E-state index is 8.84. The van der Waals surface area contributed by atoms with Crippen molar-refractivity contribution >= 4 is 10.9 Å². The average Bonchev–Trinajstić information content (AvgIpc) is 2.54. The van der Waals surface area contributed by atoms with Gasteiger partial charge < -0.3 is 0 Å². The Kier molecular flexibility index (Phi) is 3.18. The maximum Gasteiger partial charge on any atom is 0.0991 e. The van der Waals surface area contributed by atoms with Crippen LogP contribution in [0.2, 0.25) is 0 Å². The zero-order valence-corrected chi connectivity index (χ0v) is 11.2. The van der Waals surface area contributed by atoms with Crippen molar-refractivity contribution in [3.05, 3.63) is 77.5 Å². The Morgan fingerprint density at radius 3 is 2.50 bits per heavy atom. The third-order valence-electron chi connectivity index (χ3n) is 3.65. The number of hydrogen-bond donors (Lipinski definition) is 0. The molecule has 1 aromatic heterocycles. The molecule has 2 aromatic carbocycles. The zero-order valence-electron chi connectivity index (χ0n) is 11.2. The molecular weight excluding hydrogens is 244 g/mol. The molecule has 0 bridgehead atoms. The lowest BCUT2D eigenvalue weighted by molar-refractivity contribution is 0.916. The van der Waals surface area contributed by atoms with Crippen molar-refractivity contribution in [2.24, 2.45) is 0 Å². The molecule has 0 aliphatic heterocycles. The fourth-order valence-electron chi connectivity index (χ4n) is 2.36.